The van der Waals surface area contributed by atoms with Crippen molar-refractivity contribution in [3.63, 3.8) is 0 Å². The second kappa shape index (κ2) is 9.14. The monoisotopic (exact) mass is 575 g/mol. The zero-order valence-corrected chi connectivity index (χ0v) is 22.5. The van der Waals surface area contributed by atoms with Gasteiger partial charge in [0.15, 0.2) is 5.76 Å². The van der Waals surface area contributed by atoms with Gasteiger partial charge in [0.2, 0.25) is 0 Å². The molecule has 174 valence electrons. The smallest absolute Gasteiger partial charge is 0.307 e. The largest absolute Gasteiger partial charge is 0.496 e. The van der Waals surface area contributed by atoms with E-state index in [0.29, 0.717) is 17.3 Å². The number of nitrogens with zero attached hydrogens (tertiary/aromatic N) is 2. The molecule has 1 aromatic heterocycles. The molecule has 1 aliphatic heterocycles. The van der Waals surface area contributed by atoms with E-state index in [-0.39, 0.29) is 11.3 Å². The molecule has 1 unspecified atom stereocenters. The number of carbonyl (C=O) groups excluding carboxylic acids is 1. The van der Waals surface area contributed by atoms with Crippen molar-refractivity contribution in [1.29, 1.82) is 0 Å². The van der Waals surface area contributed by atoms with Crippen molar-refractivity contribution in [2.45, 2.75) is 45.6 Å². The van der Waals surface area contributed by atoms with Gasteiger partial charge in [-0.25, -0.2) is 5.43 Å². The highest BCUT2D eigenvalue weighted by molar-refractivity contribution is 9.11. The molecule has 1 atom stereocenters. The highest BCUT2D eigenvalue weighted by Crippen LogP contribution is 2.45. The molecule has 2 aromatic carbocycles. The molecule has 3 aromatic rings. The fraction of sp³-hybridized carbons (Fsp3) is 0.360. The Kier molecular flexibility index (Phi) is 6.60. The summed E-state index contributed by atoms with van der Waals surface area (Å²) >= 11 is 6.90. The standard InChI is InChI=1S/C25H27Br2N3O3/c1-6-30-20-11-21(32-5)16(8-18(20)14(2)12-25(30,3)4)13-28-29-24(31)22-9-15-7-17(26)10-19(27)23(15)33-22/h7-11,13-14H,6,12H2,1-5H3,(H,29,31)/b28-13-. The van der Waals surface area contributed by atoms with Crippen LogP contribution in [0.5, 0.6) is 5.75 Å². The highest BCUT2D eigenvalue weighted by Gasteiger charge is 2.36. The number of fused-ring (bicyclic) bond motifs is 2. The third-order valence-corrected chi connectivity index (χ3v) is 7.23. The molecule has 1 aliphatic rings. The molecule has 0 radical (unpaired) electrons. The van der Waals surface area contributed by atoms with Crippen LogP contribution >= 0.6 is 31.9 Å². The zero-order chi connectivity index (χ0) is 23.9. The Morgan fingerprint density at radius 3 is 2.76 bits per heavy atom. The Balaban J connectivity index is 1.59. The highest BCUT2D eigenvalue weighted by atomic mass is 79.9. The first-order valence-corrected chi connectivity index (χ1v) is 12.4. The third kappa shape index (κ3) is 4.55. The minimum absolute atomic E-state index is 0.0763. The first kappa shape index (κ1) is 23.8. The minimum Gasteiger partial charge on any atom is -0.496 e. The summed E-state index contributed by atoms with van der Waals surface area (Å²) in [6, 6.07) is 9.65. The maximum Gasteiger partial charge on any atom is 0.307 e. The van der Waals surface area contributed by atoms with Crippen LogP contribution in [0.1, 0.15) is 61.7 Å². The van der Waals surface area contributed by atoms with Crippen LogP contribution in [0.3, 0.4) is 0 Å². The zero-order valence-electron chi connectivity index (χ0n) is 19.3. The van der Waals surface area contributed by atoms with Gasteiger partial charge in [-0.05, 0) is 78.9 Å². The van der Waals surface area contributed by atoms with Crippen molar-refractivity contribution < 1.29 is 13.9 Å². The third-order valence-electron chi connectivity index (χ3n) is 6.18. The normalized spacial score (nSPS) is 17.4. The van der Waals surface area contributed by atoms with Crippen LogP contribution in [-0.2, 0) is 0 Å². The molecule has 33 heavy (non-hydrogen) atoms. The van der Waals surface area contributed by atoms with Gasteiger partial charge >= 0.3 is 5.91 Å². The fourth-order valence-electron chi connectivity index (χ4n) is 4.81. The maximum atomic E-state index is 12.6. The molecular formula is C25H27Br2N3O3. The van der Waals surface area contributed by atoms with Gasteiger partial charge in [0.1, 0.15) is 11.3 Å². The van der Waals surface area contributed by atoms with Gasteiger partial charge in [-0.1, -0.05) is 22.9 Å². The number of methoxy groups -OCH3 is 1. The van der Waals surface area contributed by atoms with E-state index in [1.165, 1.54) is 11.3 Å². The number of ether oxygens (including phenoxy) is 1. The molecule has 4 rings (SSSR count). The second-order valence-electron chi connectivity index (χ2n) is 8.93. The lowest BCUT2D eigenvalue weighted by Crippen LogP contribution is -2.48. The van der Waals surface area contributed by atoms with E-state index in [9.17, 15) is 4.79 Å². The summed E-state index contributed by atoms with van der Waals surface area (Å²) in [6.07, 6.45) is 2.68. The number of nitrogens with one attached hydrogen (secondary N) is 1. The van der Waals surface area contributed by atoms with Gasteiger partial charge < -0.3 is 14.1 Å². The van der Waals surface area contributed by atoms with Gasteiger partial charge in [-0.2, -0.15) is 5.10 Å². The van der Waals surface area contributed by atoms with Crippen molar-refractivity contribution in [2.75, 3.05) is 18.6 Å². The first-order valence-electron chi connectivity index (χ1n) is 10.9. The van der Waals surface area contributed by atoms with Crippen LogP contribution in [0.4, 0.5) is 5.69 Å². The number of hydrogen-bond acceptors (Lipinski definition) is 5. The lowest BCUT2D eigenvalue weighted by atomic mass is 9.79. The van der Waals surface area contributed by atoms with Crippen molar-refractivity contribution in [2.24, 2.45) is 5.10 Å². The number of amides is 1. The number of benzene rings is 2. The molecule has 2 heterocycles. The minimum atomic E-state index is -0.422. The molecular weight excluding hydrogens is 550 g/mol. The summed E-state index contributed by atoms with van der Waals surface area (Å²) in [5.41, 5.74) is 6.52. The van der Waals surface area contributed by atoms with E-state index >= 15 is 0 Å². The SMILES string of the molecule is CCN1c2cc(OC)c(/C=N\NC(=O)c3cc4cc(Br)cc(Br)c4o3)cc2C(C)CC1(C)C. The van der Waals surface area contributed by atoms with Crippen LogP contribution in [0.25, 0.3) is 11.0 Å². The van der Waals surface area contributed by atoms with Gasteiger partial charge in [-0.15, -0.1) is 0 Å². The Morgan fingerprint density at radius 2 is 2.06 bits per heavy atom. The number of hydrazone groups is 1. The average Bonchev–Trinajstić information content (AvgIpc) is 3.17. The summed E-state index contributed by atoms with van der Waals surface area (Å²) < 4.78 is 13.0. The van der Waals surface area contributed by atoms with Gasteiger partial charge in [0, 0.05) is 39.3 Å². The molecule has 8 heteroatoms. The lowest BCUT2D eigenvalue weighted by molar-refractivity contribution is 0.0929. The molecule has 0 saturated heterocycles. The Morgan fingerprint density at radius 1 is 1.30 bits per heavy atom. The molecule has 0 bridgehead atoms. The topological polar surface area (TPSA) is 67.1 Å². The maximum absolute atomic E-state index is 12.6. The number of anilines is 1. The predicted molar refractivity (Wildman–Crippen MR) is 140 cm³/mol. The van der Waals surface area contributed by atoms with Gasteiger partial charge in [0.05, 0.1) is 17.8 Å². The molecule has 6 nitrogen and oxygen atoms in total. The average molecular weight is 577 g/mol. The molecule has 0 spiro atoms. The van der Waals surface area contributed by atoms with Crippen molar-refractivity contribution in [1.82, 2.24) is 5.43 Å². The predicted octanol–water partition coefficient (Wildman–Crippen LogP) is 6.84. The Labute approximate surface area is 210 Å². The van der Waals surface area contributed by atoms with Crippen molar-refractivity contribution >= 4 is 60.6 Å². The summed E-state index contributed by atoms with van der Waals surface area (Å²) in [5, 5.41) is 5.00. The van der Waals surface area contributed by atoms with Crippen LogP contribution in [0.2, 0.25) is 0 Å². The molecule has 1 amide bonds. The van der Waals surface area contributed by atoms with Crippen molar-refractivity contribution in [3.8, 4) is 5.75 Å². The summed E-state index contributed by atoms with van der Waals surface area (Å²) in [7, 11) is 1.65. The molecule has 0 fully saturated rings. The van der Waals surface area contributed by atoms with E-state index < -0.39 is 5.91 Å². The lowest BCUT2D eigenvalue weighted by Gasteiger charge is -2.47. The van der Waals surface area contributed by atoms with Gasteiger partial charge in [-0.3, -0.25) is 4.79 Å². The van der Waals surface area contributed by atoms with Crippen LogP contribution in [-0.4, -0.2) is 31.3 Å². The number of halogens is 2. The second-order valence-corrected chi connectivity index (χ2v) is 10.7. The number of rotatable bonds is 5. The Bertz CT molecular complexity index is 1250. The van der Waals surface area contributed by atoms with E-state index in [4.69, 9.17) is 9.15 Å². The fourth-order valence-corrected chi connectivity index (χ4v) is 6.15. The summed E-state index contributed by atoms with van der Waals surface area (Å²) in [6.45, 7) is 9.91. The molecule has 1 N–H and O–H groups in total. The van der Waals surface area contributed by atoms with E-state index in [1.807, 2.05) is 12.1 Å². The number of furan rings is 1. The summed E-state index contributed by atoms with van der Waals surface area (Å²) in [5.74, 6) is 0.883. The van der Waals surface area contributed by atoms with E-state index in [0.717, 1.165) is 32.9 Å². The van der Waals surface area contributed by atoms with Gasteiger partial charge in [0.25, 0.3) is 0 Å². The van der Waals surface area contributed by atoms with Crippen LogP contribution in [0.15, 0.2) is 48.8 Å². The van der Waals surface area contributed by atoms with Crippen LogP contribution < -0.4 is 15.1 Å². The number of hydrogen-bond donors (Lipinski definition) is 1. The van der Waals surface area contributed by atoms with Crippen molar-refractivity contribution in [3.05, 3.63) is 56.2 Å². The quantitative estimate of drug-likeness (QED) is 0.267. The first-order chi connectivity index (χ1) is 15.6. The van der Waals surface area contributed by atoms with Crippen LogP contribution in [0, 0.1) is 0 Å². The molecule has 0 saturated carbocycles. The van der Waals surface area contributed by atoms with E-state index in [2.05, 4.69) is 87.1 Å². The number of carbonyl (C=O) groups is 1. The Hall–Kier alpha value is -2.32. The molecule has 0 aliphatic carbocycles. The van der Waals surface area contributed by atoms with E-state index in [1.54, 1.807) is 19.4 Å². The summed E-state index contributed by atoms with van der Waals surface area (Å²) in [4.78, 5) is 15.0.